The van der Waals surface area contributed by atoms with Crippen molar-refractivity contribution in [3.63, 3.8) is 0 Å². The van der Waals surface area contributed by atoms with Crippen LogP contribution in [-0.4, -0.2) is 27.6 Å². The zero-order valence-electron chi connectivity index (χ0n) is 15.5. The van der Waals surface area contributed by atoms with Gasteiger partial charge in [-0.25, -0.2) is 8.42 Å². The number of benzene rings is 3. The molecule has 1 N–H and O–H groups in total. The molecule has 0 atom stereocenters. The van der Waals surface area contributed by atoms with Gasteiger partial charge in [-0.05, 0) is 66.9 Å². The van der Waals surface area contributed by atoms with E-state index >= 15 is 0 Å². The molecule has 1 amide bonds. The minimum atomic E-state index is -3.70. The van der Waals surface area contributed by atoms with E-state index in [-0.39, 0.29) is 10.8 Å². The molecule has 0 radical (unpaired) electrons. The fourth-order valence-electron chi connectivity index (χ4n) is 2.59. The number of carbonyl (C=O) groups is 1. The number of hydrogen-bond donors (Lipinski definition) is 1. The van der Waals surface area contributed by atoms with Crippen LogP contribution in [0.5, 0.6) is 0 Å². The first-order valence-corrected chi connectivity index (χ1v) is 11.2. The monoisotopic (exact) mass is 412 g/mol. The zero-order valence-corrected chi connectivity index (χ0v) is 17.1. The summed E-state index contributed by atoms with van der Waals surface area (Å²) in [5.41, 5.74) is 1.64. The van der Waals surface area contributed by atoms with E-state index in [0.29, 0.717) is 16.9 Å². The summed E-state index contributed by atoms with van der Waals surface area (Å²) in [6.45, 7) is 0. The van der Waals surface area contributed by atoms with Crippen LogP contribution < -0.4 is 9.62 Å². The van der Waals surface area contributed by atoms with Crippen molar-refractivity contribution in [3.05, 3.63) is 84.4 Å². The van der Waals surface area contributed by atoms with E-state index in [1.807, 2.05) is 36.6 Å². The lowest BCUT2D eigenvalue weighted by atomic mass is 10.2. The van der Waals surface area contributed by atoms with Gasteiger partial charge < -0.3 is 5.32 Å². The molecule has 3 rings (SSSR count). The molecule has 0 aliphatic carbocycles. The fourth-order valence-corrected chi connectivity index (χ4v) is 4.19. The first-order valence-electron chi connectivity index (χ1n) is 8.51. The number of carbonyl (C=O) groups excluding carboxylic acids is 1. The van der Waals surface area contributed by atoms with E-state index in [1.54, 1.807) is 36.0 Å². The first kappa shape index (κ1) is 20.0. The highest BCUT2D eigenvalue weighted by molar-refractivity contribution is 7.98. The third-order valence-corrected chi connectivity index (χ3v) is 6.79. The maximum Gasteiger partial charge on any atom is 0.264 e. The number of nitrogens with zero attached hydrogens (tertiary/aromatic N) is 1. The van der Waals surface area contributed by atoms with Gasteiger partial charge in [-0.15, -0.1) is 11.8 Å². The first-order chi connectivity index (χ1) is 13.4. The largest absolute Gasteiger partial charge is 0.322 e. The summed E-state index contributed by atoms with van der Waals surface area (Å²) in [6.07, 6.45) is 1.98. The zero-order chi connectivity index (χ0) is 20.1. The fraction of sp³-hybridized carbons (Fsp3) is 0.0952. The molecular weight excluding hydrogens is 392 g/mol. The van der Waals surface area contributed by atoms with E-state index in [4.69, 9.17) is 0 Å². The molecule has 0 aromatic heterocycles. The lowest BCUT2D eigenvalue weighted by molar-refractivity contribution is 0.102. The van der Waals surface area contributed by atoms with Crippen molar-refractivity contribution in [1.29, 1.82) is 0 Å². The number of sulfonamides is 1. The van der Waals surface area contributed by atoms with Crippen LogP contribution in [0.4, 0.5) is 11.4 Å². The molecule has 3 aromatic rings. The molecule has 3 aromatic carbocycles. The number of hydrogen-bond acceptors (Lipinski definition) is 4. The summed E-state index contributed by atoms with van der Waals surface area (Å²) in [4.78, 5) is 13.6. The van der Waals surface area contributed by atoms with Gasteiger partial charge in [0.2, 0.25) is 0 Å². The van der Waals surface area contributed by atoms with E-state index in [2.05, 4.69) is 5.32 Å². The van der Waals surface area contributed by atoms with Crippen molar-refractivity contribution in [2.45, 2.75) is 9.79 Å². The minimum Gasteiger partial charge on any atom is -0.322 e. The smallest absolute Gasteiger partial charge is 0.264 e. The van der Waals surface area contributed by atoms with Gasteiger partial charge in [0.25, 0.3) is 15.9 Å². The van der Waals surface area contributed by atoms with Gasteiger partial charge in [0.15, 0.2) is 0 Å². The Bertz CT molecular complexity index is 1050. The van der Waals surface area contributed by atoms with Crippen LogP contribution in [0, 0.1) is 0 Å². The van der Waals surface area contributed by atoms with Crippen LogP contribution in [0.3, 0.4) is 0 Å². The van der Waals surface area contributed by atoms with Crippen LogP contribution in [0.2, 0.25) is 0 Å². The summed E-state index contributed by atoms with van der Waals surface area (Å²) in [5, 5.41) is 2.81. The SMILES string of the molecule is CSc1ccc(NC(=O)c2ccc(S(=O)(=O)N(C)c3ccccc3)cc2)cc1. The lowest BCUT2D eigenvalue weighted by Gasteiger charge is -2.19. The van der Waals surface area contributed by atoms with Crippen LogP contribution >= 0.6 is 11.8 Å². The van der Waals surface area contributed by atoms with Crippen molar-refractivity contribution in [2.24, 2.45) is 0 Å². The van der Waals surface area contributed by atoms with Crippen molar-refractivity contribution in [2.75, 3.05) is 22.9 Å². The van der Waals surface area contributed by atoms with Gasteiger partial charge in [0, 0.05) is 23.2 Å². The average Bonchev–Trinajstić information content (AvgIpc) is 2.74. The Kier molecular flexibility index (Phi) is 6.06. The Hall–Kier alpha value is -2.77. The standard InChI is InChI=1S/C21H20N2O3S2/c1-23(18-6-4-3-5-7-18)28(25,26)20-14-8-16(9-15-20)21(24)22-17-10-12-19(27-2)13-11-17/h3-15H,1-2H3,(H,22,24). The summed E-state index contributed by atoms with van der Waals surface area (Å²) in [6, 6.07) is 22.3. The normalized spacial score (nSPS) is 11.1. The number of thioether (sulfide) groups is 1. The topological polar surface area (TPSA) is 66.5 Å². The van der Waals surface area contributed by atoms with Gasteiger partial charge in [-0.1, -0.05) is 18.2 Å². The van der Waals surface area contributed by atoms with Gasteiger partial charge >= 0.3 is 0 Å². The highest BCUT2D eigenvalue weighted by Crippen LogP contribution is 2.22. The van der Waals surface area contributed by atoms with Gasteiger partial charge in [0.1, 0.15) is 0 Å². The molecule has 0 unspecified atom stereocenters. The van der Waals surface area contributed by atoms with Crippen molar-refractivity contribution >= 4 is 39.1 Å². The van der Waals surface area contributed by atoms with Crippen LogP contribution in [0.15, 0.2) is 88.7 Å². The van der Waals surface area contributed by atoms with Crippen LogP contribution in [-0.2, 0) is 10.0 Å². The highest BCUT2D eigenvalue weighted by Gasteiger charge is 2.21. The van der Waals surface area contributed by atoms with Crippen LogP contribution in [0.1, 0.15) is 10.4 Å². The molecule has 144 valence electrons. The number of amides is 1. The number of rotatable bonds is 6. The molecule has 0 aliphatic heterocycles. The average molecular weight is 413 g/mol. The molecule has 0 bridgehead atoms. The second kappa shape index (κ2) is 8.50. The van der Waals surface area contributed by atoms with Crippen molar-refractivity contribution in [1.82, 2.24) is 0 Å². The maximum atomic E-state index is 12.8. The Morgan fingerprint density at radius 1 is 0.893 bits per heavy atom. The molecule has 0 saturated heterocycles. The van der Waals surface area contributed by atoms with Gasteiger partial charge in [-0.3, -0.25) is 9.10 Å². The molecule has 0 heterocycles. The summed E-state index contributed by atoms with van der Waals surface area (Å²) in [5.74, 6) is -0.294. The molecule has 0 aliphatic rings. The molecule has 0 saturated carbocycles. The molecule has 0 spiro atoms. The molecular formula is C21H20N2O3S2. The third-order valence-electron chi connectivity index (χ3n) is 4.24. The Balaban J connectivity index is 1.75. The maximum absolute atomic E-state index is 12.8. The van der Waals surface area contributed by atoms with E-state index in [9.17, 15) is 13.2 Å². The Labute approximate surface area is 169 Å². The van der Waals surface area contributed by atoms with E-state index in [0.717, 1.165) is 4.90 Å². The van der Waals surface area contributed by atoms with Crippen LogP contribution in [0.25, 0.3) is 0 Å². The Morgan fingerprint density at radius 3 is 2.07 bits per heavy atom. The van der Waals surface area contributed by atoms with Crippen molar-refractivity contribution in [3.8, 4) is 0 Å². The summed E-state index contributed by atoms with van der Waals surface area (Å²) < 4.78 is 26.8. The molecule has 5 nitrogen and oxygen atoms in total. The number of anilines is 2. The molecule has 7 heteroatoms. The minimum absolute atomic E-state index is 0.125. The Morgan fingerprint density at radius 2 is 1.50 bits per heavy atom. The van der Waals surface area contributed by atoms with E-state index < -0.39 is 10.0 Å². The summed E-state index contributed by atoms with van der Waals surface area (Å²) in [7, 11) is -2.20. The highest BCUT2D eigenvalue weighted by atomic mass is 32.2. The third kappa shape index (κ3) is 4.37. The molecule has 0 fully saturated rings. The lowest BCUT2D eigenvalue weighted by Crippen LogP contribution is -2.26. The predicted octanol–water partition coefficient (Wildman–Crippen LogP) is 4.49. The number of para-hydroxylation sites is 1. The predicted molar refractivity (Wildman–Crippen MR) is 115 cm³/mol. The second-order valence-corrected chi connectivity index (χ2v) is 8.86. The summed E-state index contributed by atoms with van der Waals surface area (Å²) >= 11 is 1.62. The van der Waals surface area contributed by atoms with Gasteiger partial charge in [-0.2, -0.15) is 0 Å². The quantitative estimate of drug-likeness (QED) is 0.606. The van der Waals surface area contributed by atoms with Gasteiger partial charge in [0.05, 0.1) is 10.6 Å². The number of nitrogens with one attached hydrogen (secondary N) is 1. The molecule has 28 heavy (non-hydrogen) atoms. The second-order valence-electron chi connectivity index (χ2n) is 6.02. The van der Waals surface area contributed by atoms with Crippen molar-refractivity contribution < 1.29 is 13.2 Å². The van der Waals surface area contributed by atoms with E-state index in [1.165, 1.54) is 35.6 Å².